The molecule has 0 aromatic heterocycles. The summed E-state index contributed by atoms with van der Waals surface area (Å²) in [6, 6.07) is 7.21. The Morgan fingerprint density at radius 2 is 0.700 bits per heavy atom. The minimum absolute atomic E-state index is 0.0231. The molecular weight excluding hydrogens is 344 g/mol. The first-order valence-electron chi connectivity index (χ1n) is 12.0. The largest absolute Gasteiger partial charge is 0.111 e. The Kier molecular flexibility index (Phi) is 7.38. The van der Waals surface area contributed by atoms with E-state index in [1.165, 1.54) is 11.1 Å². The van der Waals surface area contributed by atoms with Gasteiger partial charge in [-0.2, -0.15) is 0 Å². The van der Waals surface area contributed by atoms with Gasteiger partial charge >= 0.3 is 0 Å². The molecule has 0 spiro atoms. The molecule has 0 aliphatic heterocycles. The van der Waals surface area contributed by atoms with Crippen LogP contribution in [0.2, 0.25) is 20.5 Å². The van der Waals surface area contributed by atoms with E-state index >= 15 is 0 Å². The van der Waals surface area contributed by atoms with Crippen LogP contribution in [0.1, 0.15) is 37.5 Å². The smallest absolute Gasteiger partial charge is 0.110 e. The summed E-state index contributed by atoms with van der Waals surface area (Å²) in [6.45, 7) is 7.23. The zero-order valence-corrected chi connectivity index (χ0v) is 23.7. The Labute approximate surface area is 201 Å². The van der Waals surface area contributed by atoms with Crippen molar-refractivity contribution in [3.05, 3.63) is 34.9 Å². The van der Waals surface area contributed by atoms with Crippen molar-refractivity contribution in [2.75, 3.05) is 0 Å². The lowest BCUT2D eigenvalue weighted by Gasteiger charge is -2.58. The van der Waals surface area contributed by atoms with Crippen LogP contribution in [0.4, 0.5) is 0 Å². The third-order valence-corrected chi connectivity index (χ3v) is 8.89. The summed E-state index contributed by atoms with van der Waals surface area (Å²) in [5.41, 5.74) is 4.69. The summed E-state index contributed by atoms with van der Waals surface area (Å²) in [5.74, 6) is 0. The number of rotatable bonds is 6. The van der Waals surface area contributed by atoms with Crippen LogP contribution in [0.3, 0.4) is 0 Å². The monoisotopic (exact) mass is 386 g/mol. The van der Waals surface area contributed by atoms with Crippen LogP contribution in [0.15, 0.2) is 18.2 Å². The molecule has 0 N–H and O–H groups in total. The molecule has 0 saturated carbocycles. The maximum absolute atomic E-state index is 2.51. The predicted octanol–water partition coefficient (Wildman–Crippen LogP) is -9.47. The van der Waals surface area contributed by atoms with Crippen molar-refractivity contribution < 1.29 is 0 Å². The van der Waals surface area contributed by atoms with E-state index in [-0.39, 0.29) is 36.5 Å². The zero-order chi connectivity index (χ0) is 24.4. The van der Waals surface area contributed by atoms with Gasteiger partial charge in [0.1, 0.15) is 15.7 Å². The molecule has 1 aromatic carbocycles. The Hall–Kier alpha value is 0.129. The third kappa shape index (κ3) is 4.46. The van der Waals surface area contributed by atoms with Crippen molar-refractivity contribution in [3.8, 4) is 0 Å². The molecule has 0 bridgehead atoms. The van der Waals surface area contributed by atoms with E-state index in [0.717, 1.165) is 0 Å². The molecule has 0 heterocycles. The zero-order valence-electron chi connectivity index (χ0n) is 23.7. The van der Waals surface area contributed by atoms with Crippen LogP contribution in [0, 0.1) is 0 Å². The van der Waals surface area contributed by atoms with Crippen molar-refractivity contribution in [3.63, 3.8) is 0 Å². The maximum Gasteiger partial charge on any atom is 0.111 e. The molecule has 0 aliphatic carbocycles. The highest BCUT2D eigenvalue weighted by atomic mass is 14.4. The molecule has 0 nitrogen and oxygen atoms in total. The van der Waals surface area contributed by atoms with Gasteiger partial charge in [0.25, 0.3) is 0 Å². The summed E-state index contributed by atoms with van der Waals surface area (Å²) in [5, 5.41) is 0.561. The van der Waals surface area contributed by atoms with Crippen molar-refractivity contribution in [2.45, 2.75) is 57.3 Å². The normalized spacial score (nSPS) is 15.0. The molecule has 0 saturated heterocycles. The summed E-state index contributed by atoms with van der Waals surface area (Å²) in [6.07, 6.45) is 0. The van der Waals surface area contributed by atoms with E-state index < -0.39 is 0 Å². The molecule has 0 aliphatic rings. The lowest BCUT2D eigenvalue weighted by atomic mass is 9.13. The van der Waals surface area contributed by atoms with Gasteiger partial charge in [-0.15, -0.1) is 20.5 Å². The Bertz CT molecular complexity index is 685. The molecule has 146 valence electrons. The standard InChI is InChI=1S/C16H40B14/c1-10(2,3)9-7(11(17,13(19,20)21)14(22,23)24)5-4-6-8(9)12(18,15(25,26)27)16(28,29)30/h4-6H,17-30H2,1-3H3. The third-order valence-electron chi connectivity index (χ3n) is 8.89. The van der Waals surface area contributed by atoms with Crippen LogP contribution in [0.25, 0.3) is 0 Å². The Balaban J connectivity index is 4.33. The van der Waals surface area contributed by atoms with Gasteiger partial charge in [-0.25, -0.2) is 0 Å². The van der Waals surface area contributed by atoms with E-state index in [9.17, 15) is 0 Å². The molecule has 0 atom stereocenters. The van der Waals surface area contributed by atoms with Gasteiger partial charge in [0.05, 0.1) is 94.2 Å². The van der Waals surface area contributed by atoms with Crippen molar-refractivity contribution >= 4 is 110 Å². The van der Waals surface area contributed by atoms with E-state index in [4.69, 9.17) is 0 Å². The number of hydrogen-bond acceptors (Lipinski definition) is 0. The first-order valence-corrected chi connectivity index (χ1v) is 12.0. The quantitative estimate of drug-likeness (QED) is 0.428. The average Bonchev–Trinajstić information content (AvgIpc) is 2.47. The molecule has 14 heteroatoms. The van der Waals surface area contributed by atoms with Crippen molar-refractivity contribution in [1.82, 2.24) is 0 Å². The van der Waals surface area contributed by atoms with Crippen molar-refractivity contribution in [2.24, 2.45) is 0 Å². The fraction of sp³-hybridized carbons (Fsp3) is 0.625. The minimum atomic E-state index is 0.0231. The first kappa shape index (κ1) is 28.2. The van der Waals surface area contributed by atoms with Gasteiger partial charge in [0.2, 0.25) is 0 Å². The van der Waals surface area contributed by atoms with E-state index in [2.05, 4.69) is 149 Å². The van der Waals surface area contributed by atoms with Gasteiger partial charge in [-0.3, -0.25) is 0 Å². The van der Waals surface area contributed by atoms with Gasteiger partial charge in [0.15, 0.2) is 0 Å². The summed E-state index contributed by atoms with van der Waals surface area (Å²) >= 11 is 0. The highest BCUT2D eigenvalue weighted by Crippen LogP contribution is 2.57. The average molecular weight is 384 g/mol. The topological polar surface area (TPSA) is 0 Å². The van der Waals surface area contributed by atoms with Crippen LogP contribution in [-0.2, 0) is 16.0 Å². The highest BCUT2D eigenvalue weighted by molar-refractivity contribution is 6.70. The summed E-state index contributed by atoms with van der Waals surface area (Å²) in [4.78, 5) is 0. The summed E-state index contributed by atoms with van der Waals surface area (Å²) < 4.78 is 0. The lowest BCUT2D eigenvalue weighted by Crippen LogP contribution is -2.56. The van der Waals surface area contributed by atoms with Gasteiger partial charge < -0.3 is 0 Å². The number of benzene rings is 1. The van der Waals surface area contributed by atoms with Gasteiger partial charge in [-0.05, 0) is 22.1 Å². The second kappa shape index (κ2) is 7.87. The molecule has 0 amide bonds. The minimum Gasteiger partial charge on any atom is -0.110 e. The molecule has 1 rings (SSSR count). The SMILES string of the molecule is BC(B)(B)C(B)(c1cccc(C(B)(C(B)(B)B)C(B)(B)B)c1C(C)(C)C)C(B)(B)B. The van der Waals surface area contributed by atoms with Crippen LogP contribution < -0.4 is 0 Å². The van der Waals surface area contributed by atoms with Crippen LogP contribution in [-0.4, -0.2) is 110 Å². The lowest BCUT2D eigenvalue weighted by molar-refractivity contribution is 0.515. The Morgan fingerprint density at radius 3 is 0.867 bits per heavy atom. The predicted molar refractivity (Wildman–Crippen MR) is 179 cm³/mol. The van der Waals surface area contributed by atoms with Crippen LogP contribution in [0.5, 0.6) is 0 Å². The van der Waals surface area contributed by atoms with E-state index in [1.807, 2.05) is 0 Å². The second-order valence-corrected chi connectivity index (χ2v) is 15.2. The highest BCUT2D eigenvalue weighted by Gasteiger charge is 2.52. The molecule has 0 fully saturated rings. The first-order chi connectivity index (χ1) is 12.8. The fourth-order valence-corrected chi connectivity index (χ4v) is 6.06. The molecule has 0 unspecified atom stereocenters. The Morgan fingerprint density at radius 1 is 0.467 bits per heavy atom. The second-order valence-electron chi connectivity index (χ2n) is 15.2. The molecule has 0 radical (unpaired) electrons. The fourth-order valence-electron chi connectivity index (χ4n) is 6.06. The van der Waals surface area contributed by atoms with Gasteiger partial charge in [-0.1, -0.05) is 49.6 Å². The number of hydrogen-bond donors (Lipinski definition) is 0. The maximum atomic E-state index is 2.51. The van der Waals surface area contributed by atoms with E-state index in [0.29, 0.717) is 0 Å². The molecular formula is C16H40B14. The van der Waals surface area contributed by atoms with Crippen LogP contribution >= 0.6 is 0 Å². The molecule has 30 heavy (non-hydrogen) atoms. The molecule has 1 aromatic rings. The summed E-state index contributed by atoms with van der Waals surface area (Å²) in [7, 11) is 34.1. The van der Waals surface area contributed by atoms with E-state index in [1.54, 1.807) is 5.56 Å². The van der Waals surface area contributed by atoms with Crippen molar-refractivity contribution in [1.29, 1.82) is 0 Å². The van der Waals surface area contributed by atoms with Gasteiger partial charge in [0, 0.05) is 0 Å².